The number of fused-ring (bicyclic) bond motifs is 1. The molecule has 0 radical (unpaired) electrons. The summed E-state index contributed by atoms with van der Waals surface area (Å²) < 4.78 is 7.39. The molecule has 2 atom stereocenters. The van der Waals surface area contributed by atoms with Crippen LogP contribution in [0.3, 0.4) is 0 Å². The van der Waals surface area contributed by atoms with E-state index in [9.17, 15) is 9.59 Å². The van der Waals surface area contributed by atoms with E-state index in [4.69, 9.17) is 9.84 Å². The lowest BCUT2D eigenvalue weighted by Crippen LogP contribution is -2.65. The van der Waals surface area contributed by atoms with Gasteiger partial charge in [0, 0.05) is 36.3 Å². The van der Waals surface area contributed by atoms with Gasteiger partial charge in [-0.15, -0.1) is 0 Å². The summed E-state index contributed by atoms with van der Waals surface area (Å²) in [6, 6.07) is 36.9. The summed E-state index contributed by atoms with van der Waals surface area (Å²) in [6.45, 7) is 12.2. The van der Waals surface area contributed by atoms with Crippen LogP contribution < -0.4 is 20.4 Å². The molecule has 2 N–H and O–H groups in total. The lowest BCUT2D eigenvalue weighted by Gasteiger charge is -2.42. The fraction of sp³-hybridized carbons (Fsp3) is 0.364. The first kappa shape index (κ1) is 35.7. The van der Waals surface area contributed by atoms with Crippen LogP contribution in [-0.2, 0) is 18.6 Å². The van der Waals surface area contributed by atoms with Crippen molar-refractivity contribution in [2.45, 2.75) is 89.9 Å². The second-order valence-electron chi connectivity index (χ2n) is 16.4. The number of carbonyl (C=O) groups excluding carboxylic acids is 1. The first-order valence-electron chi connectivity index (χ1n) is 18.6. The first-order chi connectivity index (χ1) is 24.9. The molecule has 0 spiro atoms. The number of rotatable bonds is 11. The second-order valence-corrected chi connectivity index (χ2v) is 20.4. The fourth-order valence-corrected chi connectivity index (χ4v) is 12.4. The number of anilines is 2. The molecule has 2 heterocycles. The maximum atomic E-state index is 13.5. The van der Waals surface area contributed by atoms with Gasteiger partial charge in [-0.1, -0.05) is 92.7 Å². The van der Waals surface area contributed by atoms with Crippen LogP contribution >= 0.6 is 0 Å². The number of nitrogens with one attached hydrogen (secondary N) is 1. The Kier molecular flexibility index (Phi) is 9.65. The van der Waals surface area contributed by atoms with Crippen molar-refractivity contribution in [2.24, 2.45) is 5.92 Å². The molecule has 0 saturated heterocycles. The zero-order chi connectivity index (χ0) is 36.7. The highest BCUT2D eigenvalue weighted by atomic mass is 28.4. The first-order valence-corrected chi connectivity index (χ1v) is 20.6. The molecule has 1 saturated carbocycles. The van der Waals surface area contributed by atoms with Crippen LogP contribution in [-0.4, -0.2) is 40.8 Å². The Hall–Kier alpha value is -4.66. The molecule has 7 nitrogen and oxygen atoms in total. The van der Waals surface area contributed by atoms with Gasteiger partial charge in [0.1, 0.15) is 11.6 Å². The van der Waals surface area contributed by atoms with E-state index in [0.717, 1.165) is 75.7 Å². The molecular weight excluding hydrogens is 661 g/mol. The van der Waals surface area contributed by atoms with E-state index in [2.05, 4.69) is 111 Å². The van der Waals surface area contributed by atoms with E-state index in [1.165, 1.54) is 0 Å². The van der Waals surface area contributed by atoms with Crippen LogP contribution in [0.5, 0.6) is 5.75 Å². The van der Waals surface area contributed by atoms with E-state index in [-0.39, 0.29) is 16.5 Å². The van der Waals surface area contributed by atoms with Crippen LogP contribution in [0.2, 0.25) is 5.04 Å². The number of nitrogens with zero attached hydrogens (tertiary/aromatic N) is 3. The Labute approximate surface area is 309 Å². The second kappa shape index (κ2) is 14.0. The van der Waals surface area contributed by atoms with Gasteiger partial charge in [-0.3, -0.25) is 4.79 Å². The molecule has 1 aliphatic carbocycles. The molecule has 1 aliphatic heterocycles. The molecule has 8 heteroatoms. The highest BCUT2D eigenvalue weighted by Gasteiger charge is 2.51. The normalized spacial score (nSPS) is 17.8. The number of methoxy groups -OCH3 is 1. The summed E-state index contributed by atoms with van der Waals surface area (Å²) in [5, 5.41) is 10.7. The molecule has 1 aromatic heterocycles. The van der Waals surface area contributed by atoms with Crippen LogP contribution in [0.15, 0.2) is 109 Å². The third-order valence-corrected chi connectivity index (χ3v) is 15.8. The zero-order valence-corrected chi connectivity index (χ0v) is 32.4. The number of benzene rings is 4. The molecule has 2 aliphatic rings. The van der Waals surface area contributed by atoms with Crippen molar-refractivity contribution in [3.8, 4) is 5.75 Å². The summed E-state index contributed by atoms with van der Waals surface area (Å²) >= 11 is 0. The van der Waals surface area contributed by atoms with E-state index in [1.54, 1.807) is 7.11 Å². The topological polar surface area (TPSA) is 79.6 Å². The number of amides is 1. The van der Waals surface area contributed by atoms with Gasteiger partial charge in [-0.25, -0.2) is 4.68 Å². The Morgan fingerprint density at radius 3 is 2.13 bits per heavy atom. The van der Waals surface area contributed by atoms with Crippen molar-refractivity contribution < 1.29 is 14.3 Å². The van der Waals surface area contributed by atoms with Gasteiger partial charge in [0.2, 0.25) is 0 Å². The van der Waals surface area contributed by atoms with Crippen LogP contribution in [0.4, 0.5) is 11.5 Å². The molecule has 4 aromatic carbocycles. The average molecular weight is 713 g/mol. The summed E-state index contributed by atoms with van der Waals surface area (Å²) in [6.07, 6.45) is 4.21. The van der Waals surface area contributed by atoms with Gasteiger partial charge in [-0.05, 0) is 103 Å². The Morgan fingerprint density at radius 2 is 1.52 bits per heavy atom. The van der Waals surface area contributed by atoms with Crippen molar-refractivity contribution >= 4 is 36.1 Å². The molecule has 52 heavy (non-hydrogen) atoms. The molecule has 0 bridgehead atoms. The average Bonchev–Trinajstić information content (AvgIpc) is 3.86. The predicted octanol–water partition coefficient (Wildman–Crippen LogP) is 8.35. The monoisotopic (exact) mass is 712 g/mol. The zero-order valence-electron chi connectivity index (χ0n) is 31.4. The third-order valence-electron chi connectivity index (χ3n) is 11.3. The van der Waals surface area contributed by atoms with Crippen LogP contribution in [0.25, 0.3) is 0 Å². The van der Waals surface area contributed by atoms with Crippen LogP contribution in [0.1, 0.15) is 93.4 Å². The molecule has 0 unspecified atom stereocenters. The molecule has 270 valence electrons. The van der Waals surface area contributed by atoms with Crippen molar-refractivity contribution in [1.29, 1.82) is 0 Å². The van der Waals surface area contributed by atoms with E-state index in [1.807, 2.05) is 47.4 Å². The number of aromatic nitrogens is 2. The lowest BCUT2D eigenvalue weighted by molar-refractivity contribution is 0.0766. The standard InChI is InChI=1S/C44H52N4O3Si/c1-43(2,3)48-41(45-35-22-21-34-30-47(42(49)39(34)26-35)29-31-18-23-36(51-6)24-19-31)27-40(46-48)33-20-17-32(25-33)28-44(4,5)52(50,37-13-9-7-10-14-37)38-15-11-8-12-16-38/h7-16,18-19,21-24,26-27,32-33,45,50H,17,20,25,28-30H2,1-6H3/t32-,33+/m1/s1. The minimum absolute atomic E-state index is 0.0499. The maximum absolute atomic E-state index is 13.5. The van der Waals surface area contributed by atoms with Crippen molar-refractivity contribution in [1.82, 2.24) is 14.7 Å². The Morgan fingerprint density at radius 1 is 0.865 bits per heavy atom. The highest BCUT2D eigenvalue weighted by Crippen LogP contribution is 2.49. The van der Waals surface area contributed by atoms with Crippen molar-refractivity contribution in [2.75, 3.05) is 12.4 Å². The number of hydrogen-bond donors (Lipinski definition) is 2. The van der Waals surface area contributed by atoms with Gasteiger partial charge in [-0.2, -0.15) is 5.10 Å². The Bertz CT molecular complexity index is 1980. The summed E-state index contributed by atoms with van der Waals surface area (Å²) in [5.41, 5.74) is 4.62. The van der Waals surface area contributed by atoms with E-state index < -0.39 is 8.32 Å². The van der Waals surface area contributed by atoms with Crippen LogP contribution in [0, 0.1) is 5.92 Å². The van der Waals surface area contributed by atoms with E-state index in [0.29, 0.717) is 24.9 Å². The minimum atomic E-state index is -3.07. The molecular formula is C44H52N4O3Si. The summed E-state index contributed by atoms with van der Waals surface area (Å²) in [7, 11) is -1.41. The third kappa shape index (κ3) is 6.94. The molecule has 1 amide bonds. The SMILES string of the molecule is COc1ccc(CN2Cc3ccc(Nc4cc([C@H]5CC[C@@H](CC(C)(C)[Si](O)(c6ccccc6)c6ccccc6)C5)nn4C(C)(C)C)cc3C2=O)cc1. The summed E-state index contributed by atoms with van der Waals surface area (Å²) in [4.78, 5) is 28.2. The minimum Gasteiger partial charge on any atom is -0.497 e. The van der Waals surface area contributed by atoms with Crippen molar-refractivity contribution in [3.63, 3.8) is 0 Å². The number of carbonyl (C=O) groups is 1. The molecule has 1 fully saturated rings. The number of hydrogen-bond acceptors (Lipinski definition) is 5. The van der Waals surface area contributed by atoms with Gasteiger partial charge in [0.15, 0.2) is 0 Å². The Balaban J connectivity index is 1.07. The largest absolute Gasteiger partial charge is 0.497 e. The molecule has 5 aromatic rings. The van der Waals surface area contributed by atoms with Gasteiger partial charge < -0.3 is 19.7 Å². The maximum Gasteiger partial charge on any atom is 0.258 e. The quantitative estimate of drug-likeness (QED) is 0.135. The highest BCUT2D eigenvalue weighted by molar-refractivity contribution is 6.98. The smallest absolute Gasteiger partial charge is 0.258 e. The summed E-state index contributed by atoms with van der Waals surface area (Å²) in [5.74, 6) is 2.63. The van der Waals surface area contributed by atoms with Crippen molar-refractivity contribution in [3.05, 3.63) is 132 Å². The van der Waals surface area contributed by atoms with E-state index >= 15 is 0 Å². The van der Waals surface area contributed by atoms with Gasteiger partial charge in [0.25, 0.3) is 14.2 Å². The lowest BCUT2D eigenvalue weighted by atomic mass is 9.93. The van der Waals surface area contributed by atoms with Gasteiger partial charge >= 0.3 is 0 Å². The molecule has 7 rings (SSSR count). The van der Waals surface area contributed by atoms with Gasteiger partial charge in [0.05, 0.1) is 18.3 Å². The number of ether oxygens (including phenoxy) is 1. The predicted molar refractivity (Wildman–Crippen MR) is 212 cm³/mol. The fourth-order valence-electron chi connectivity index (χ4n) is 8.57.